The molecular weight excluding hydrogens is 462 g/mol. The largest absolute Gasteiger partial charge is 0.493 e. The van der Waals surface area contributed by atoms with E-state index in [1.54, 1.807) is 6.92 Å². The highest BCUT2D eigenvalue weighted by atomic mass is 16.6. The van der Waals surface area contributed by atoms with Gasteiger partial charge in [0.25, 0.3) is 0 Å². The maximum Gasteiger partial charge on any atom is 0.313 e. The molecule has 0 spiro atoms. The molecule has 0 fully saturated rings. The molecule has 0 unspecified atom stereocenters. The van der Waals surface area contributed by atoms with Crippen LogP contribution in [0.4, 0.5) is 0 Å². The molecule has 0 saturated heterocycles. The van der Waals surface area contributed by atoms with Crippen LogP contribution in [0.1, 0.15) is 68.1 Å². The summed E-state index contributed by atoms with van der Waals surface area (Å²) in [6.07, 6.45) is 0.842. The molecule has 0 radical (unpaired) electrons. The van der Waals surface area contributed by atoms with Gasteiger partial charge in [-0.25, -0.2) is 4.98 Å². The molecule has 1 heterocycles. The number of hydrogen-bond acceptors (Lipinski definition) is 8. The van der Waals surface area contributed by atoms with Crippen molar-refractivity contribution < 1.29 is 33.3 Å². The fourth-order valence-electron chi connectivity index (χ4n) is 4.06. The van der Waals surface area contributed by atoms with E-state index in [1.807, 2.05) is 26.0 Å². The molecule has 0 N–H and O–H groups in total. The molecule has 8 heteroatoms. The third-order valence-corrected chi connectivity index (χ3v) is 5.96. The minimum atomic E-state index is -0.726. The van der Waals surface area contributed by atoms with Crippen LogP contribution in [-0.2, 0) is 19.1 Å². The van der Waals surface area contributed by atoms with Gasteiger partial charge in [-0.05, 0) is 25.3 Å². The number of ketones is 1. The van der Waals surface area contributed by atoms with E-state index >= 15 is 0 Å². The van der Waals surface area contributed by atoms with Crippen molar-refractivity contribution in [1.29, 1.82) is 0 Å². The molecule has 0 bridgehead atoms. The van der Waals surface area contributed by atoms with Crippen molar-refractivity contribution in [2.75, 3.05) is 20.8 Å². The van der Waals surface area contributed by atoms with Gasteiger partial charge in [0.05, 0.1) is 26.1 Å². The number of aromatic nitrogens is 1. The van der Waals surface area contributed by atoms with Crippen molar-refractivity contribution in [3.8, 4) is 11.5 Å². The minimum absolute atomic E-state index is 0.000791. The Morgan fingerprint density at radius 1 is 0.972 bits per heavy atom. The topological polar surface area (TPSA) is 101 Å². The molecule has 0 aliphatic carbocycles. The van der Waals surface area contributed by atoms with Crippen molar-refractivity contribution in [3.05, 3.63) is 53.3 Å². The maximum atomic E-state index is 13.1. The number of pyridine rings is 1. The maximum absolute atomic E-state index is 13.1. The summed E-state index contributed by atoms with van der Waals surface area (Å²) in [6.45, 7) is 9.88. The van der Waals surface area contributed by atoms with Gasteiger partial charge in [-0.15, -0.1) is 0 Å². The van der Waals surface area contributed by atoms with Gasteiger partial charge in [0, 0.05) is 31.7 Å². The summed E-state index contributed by atoms with van der Waals surface area (Å²) in [6, 6.07) is 9.69. The van der Waals surface area contributed by atoms with Gasteiger partial charge in [-0.2, -0.15) is 0 Å². The van der Waals surface area contributed by atoms with E-state index in [2.05, 4.69) is 31.0 Å². The number of carbonyl (C=O) groups excluding carboxylic acids is 3. The van der Waals surface area contributed by atoms with E-state index in [0.29, 0.717) is 0 Å². The van der Waals surface area contributed by atoms with E-state index < -0.39 is 23.6 Å². The van der Waals surface area contributed by atoms with Crippen molar-refractivity contribution >= 4 is 17.7 Å². The van der Waals surface area contributed by atoms with Crippen LogP contribution in [0.15, 0.2) is 36.5 Å². The van der Waals surface area contributed by atoms with Gasteiger partial charge < -0.3 is 18.9 Å². The number of Topliss-reactive ketones (excluding diaryl/α,β-unsaturated/α-hetero) is 1. The SMILES string of the molecule is COCCC(=O)Oc1c(OC)ccnc1C(=O)C[C@@H](C)C(=O)O[C@@H](C)[C@H](c1ccc(C)cc1)C(C)C. The Kier molecular flexibility index (Phi) is 11.0. The Bertz CT molecular complexity index is 1030. The highest BCUT2D eigenvalue weighted by Crippen LogP contribution is 2.33. The monoisotopic (exact) mass is 499 g/mol. The molecule has 1 aromatic heterocycles. The second kappa shape index (κ2) is 13.7. The zero-order chi connectivity index (χ0) is 26.8. The number of aryl methyl sites for hydroxylation is 1. The first kappa shape index (κ1) is 29.0. The van der Waals surface area contributed by atoms with Crippen LogP contribution in [0.5, 0.6) is 11.5 Å². The summed E-state index contributed by atoms with van der Waals surface area (Å²) < 4.78 is 21.3. The molecule has 8 nitrogen and oxygen atoms in total. The molecule has 0 aliphatic rings. The highest BCUT2D eigenvalue weighted by molar-refractivity contribution is 6.00. The summed E-state index contributed by atoms with van der Waals surface area (Å²) in [5.41, 5.74) is 2.18. The van der Waals surface area contributed by atoms with Crippen molar-refractivity contribution in [1.82, 2.24) is 4.98 Å². The summed E-state index contributed by atoms with van der Waals surface area (Å²) >= 11 is 0. The Labute approximate surface area is 213 Å². The average molecular weight is 500 g/mol. The van der Waals surface area contributed by atoms with Crippen molar-refractivity contribution in [2.24, 2.45) is 11.8 Å². The van der Waals surface area contributed by atoms with Gasteiger partial charge in [0.1, 0.15) is 6.10 Å². The lowest BCUT2D eigenvalue weighted by Gasteiger charge is -2.29. The van der Waals surface area contributed by atoms with Crippen LogP contribution in [0.3, 0.4) is 0 Å². The zero-order valence-electron chi connectivity index (χ0n) is 22.2. The van der Waals surface area contributed by atoms with Gasteiger partial charge >= 0.3 is 11.9 Å². The van der Waals surface area contributed by atoms with Crippen molar-refractivity contribution in [3.63, 3.8) is 0 Å². The molecule has 0 amide bonds. The van der Waals surface area contributed by atoms with E-state index in [9.17, 15) is 14.4 Å². The summed E-state index contributed by atoms with van der Waals surface area (Å²) in [5.74, 6) is -1.88. The smallest absolute Gasteiger partial charge is 0.313 e. The third kappa shape index (κ3) is 7.88. The Morgan fingerprint density at radius 3 is 2.22 bits per heavy atom. The normalized spacial score (nSPS) is 13.6. The lowest BCUT2D eigenvalue weighted by molar-refractivity contribution is -0.154. The number of esters is 2. The van der Waals surface area contributed by atoms with Gasteiger partial charge in [-0.1, -0.05) is 50.6 Å². The zero-order valence-corrected chi connectivity index (χ0v) is 22.2. The molecule has 2 aromatic rings. The number of carbonyl (C=O) groups is 3. The molecule has 0 aliphatic heterocycles. The van der Waals surface area contributed by atoms with Gasteiger partial charge in [0.15, 0.2) is 17.2 Å². The van der Waals surface area contributed by atoms with E-state index in [0.717, 1.165) is 11.1 Å². The molecule has 1 aromatic carbocycles. The second-order valence-corrected chi connectivity index (χ2v) is 9.26. The number of rotatable bonds is 13. The van der Waals surface area contributed by atoms with Crippen LogP contribution in [0.2, 0.25) is 0 Å². The fourth-order valence-corrected chi connectivity index (χ4v) is 4.06. The molecule has 36 heavy (non-hydrogen) atoms. The third-order valence-electron chi connectivity index (χ3n) is 5.96. The summed E-state index contributed by atoms with van der Waals surface area (Å²) in [7, 11) is 2.87. The quantitative estimate of drug-likeness (QED) is 0.283. The summed E-state index contributed by atoms with van der Waals surface area (Å²) in [5, 5.41) is 0. The van der Waals surface area contributed by atoms with Gasteiger partial charge in [-0.3, -0.25) is 14.4 Å². The number of benzene rings is 1. The van der Waals surface area contributed by atoms with E-state index in [-0.39, 0.29) is 54.6 Å². The van der Waals surface area contributed by atoms with Crippen LogP contribution >= 0.6 is 0 Å². The van der Waals surface area contributed by atoms with Crippen LogP contribution in [0, 0.1) is 18.8 Å². The predicted molar refractivity (Wildman–Crippen MR) is 135 cm³/mol. The van der Waals surface area contributed by atoms with Crippen LogP contribution in [0.25, 0.3) is 0 Å². The minimum Gasteiger partial charge on any atom is -0.493 e. The number of methoxy groups -OCH3 is 2. The van der Waals surface area contributed by atoms with Crippen molar-refractivity contribution in [2.45, 2.75) is 59.5 Å². The number of nitrogens with zero attached hydrogens (tertiary/aromatic N) is 1. The standard InChI is InChI=1S/C28H37NO7/c1-17(2)25(21-10-8-18(3)9-11-21)20(5)35-28(32)19(4)16-22(30)26-27(23(34-7)12-14-29-26)36-24(31)13-15-33-6/h8-12,14,17,19-20,25H,13,15-16H2,1-7H3/t19-,20+,25-/m1/s1. The Balaban J connectivity index is 2.13. The van der Waals surface area contributed by atoms with Crippen LogP contribution in [-0.4, -0.2) is 49.6 Å². The first-order chi connectivity index (χ1) is 17.1. The second-order valence-electron chi connectivity index (χ2n) is 9.26. The van der Waals surface area contributed by atoms with E-state index in [4.69, 9.17) is 18.9 Å². The number of hydrogen-bond donors (Lipinski definition) is 0. The Morgan fingerprint density at radius 2 is 1.64 bits per heavy atom. The van der Waals surface area contributed by atoms with Gasteiger partial charge in [0.2, 0.25) is 5.75 Å². The highest BCUT2D eigenvalue weighted by Gasteiger charge is 2.30. The number of ether oxygens (including phenoxy) is 4. The first-order valence-corrected chi connectivity index (χ1v) is 12.1. The average Bonchev–Trinajstić information content (AvgIpc) is 2.83. The lowest BCUT2D eigenvalue weighted by Crippen LogP contribution is -2.29. The molecule has 3 atom stereocenters. The fraction of sp³-hybridized carbons (Fsp3) is 0.500. The lowest BCUT2D eigenvalue weighted by atomic mass is 9.84. The Hall–Kier alpha value is -3.26. The molecule has 196 valence electrons. The molecular formula is C28H37NO7. The first-order valence-electron chi connectivity index (χ1n) is 12.1. The summed E-state index contributed by atoms with van der Waals surface area (Å²) in [4.78, 5) is 42.3. The van der Waals surface area contributed by atoms with E-state index in [1.165, 1.54) is 26.5 Å². The predicted octanol–water partition coefficient (Wildman–Crippen LogP) is 4.92. The molecule has 0 saturated carbocycles. The van der Waals surface area contributed by atoms with Crippen LogP contribution < -0.4 is 9.47 Å². The molecule has 2 rings (SSSR count).